The molecule has 0 N–H and O–H groups in total. The van der Waals surface area contributed by atoms with Crippen LogP contribution in [0, 0.1) is 0 Å². The van der Waals surface area contributed by atoms with Gasteiger partial charge in [-0.1, -0.05) is 67.1 Å². The Morgan fingerprint density at radius 2 is 1.46 bits per heavy atom. The van der Waals surface area contributed by atoms with Crippen molar-refractivity contribution >= 4 is 11.8 Å². The molecule has 2 bridgehead atoms. The highest BCUT2D eigenvalue weighted by Crippen LogP contribution is 2.32. The van der Waals surface area contributed by atoms with Gasteiger partial charge in [0.2, 0.25) is 0 Å². The summed E-state index contributed by atoms with van der Waals surface area (Å²) in [6, 6.07) is 20.2. The van der Waals surface area contributed by atoms with E-state index in [9.17, 15) is 9.59 Å². The standard InChI is InChI=1S/C24H27NO3/c26-22-16-20-12-7-13-21(17-22)25(20)14-15-28-24(27)23(18-8-3-1-4-9-18)19-10-5-2-6-11-19/h1-6,8-11,20-21,23H,7,12-17H2/t20-,21-/m0/s1. The molecule has 146 valence electrons. The molecule has 0 unspecified atom stereocenters. The average molecular weight is 377 g/mol. The first-order chi connectivity index (χ1) is 13.7. The minimum absolute atomic E-state index is 0.212. The van der Waals surface area contributed by atoms with E-state index in [0.29, 0.717) is 43.9 Å². The van der Waals surface area contributed by atoms with Crippen molar-refractivity contribution in [1.82, 2.24) is 4.90 Å². The van der Waals surface area contributed by atoms with Gasteiger partial charge in [0.1, 0.15) is 18.3 Å². The van der Waals surface area contributed by atoms with Gasteiger partial charge in [-0.3, -0.25) is 14.5 Å². The van der Waals surface area contributed by atoms with Gasteiger partial charge in [0.05, 0.1) is 0 Å². The fourth-order valence-corrected chi connectivity index (χ4v) is 4.72. The van der Waals surface area contributed by atoms with Gasteiger partial charge >= 0.3 is 5.97 Å². The fraction of sp³-hybridized carbons (Fsp3) is 0.417. The molecule has 2 fully saturated rings. The van der Waals surface area contributed by atoms with Gasteiger partial charge in [-0.15, -0.1) is 0 Å². The summed E-state index contributed by atoms with van der Waals surface area (Å²) in [5.41, 5.74) is 1.89. The van der Waals surface area contributed by atoms with Crippen LogP contribution in [0.5, 0.6) is 0 Å². The van der Waals surface area contributed by atoms with Crippen molar-refractivity contribution < 1.29 is 14.3 Å². The van der Waals surface area contributed by atoms with Crippen LogP contribution in [-0.2, 0) is 14.3 Å². The predicted octanol–water partition coefficient (Wildman–Crippen LogP) is 3.95. The average Bonchev–Trinajstić information content (AvgIpc) is 2.70. The van der Waals surface area contributed by atoms with E-state index in [-0.39, 0.29) is 5.97 Å². The number of nitrogens with zero attached hydrogens (tertiary/aromatic N) is 1. The topological polar surface area (TPSA) is 46.6 Å². The number of Topliss-reactive ketones (excluding diaryl/α,β-unsaturated/α-hetero) is 1. The third kappa shape index (κ3) is 4.17. The van der Waals surface area contributed by atoms with Crippen molar-refractivity contribution in [3.63, 3.8) is 0 Å². The summed E-state index contributed by atoms with van der Waals surface area (Å²) in [5.74, 6) is -0.239. The molecule has 0 radical (unpaired) electrons. The van der Waals surface area contributed by atoms with Crippen LogP contribution >= 0.6 is 0 Å². The highest BCUT2D eigenvalue weighted by molar-refractivity contribution is 5.82. The Kier molecular flexibility index (Phi) is 5.87. The quantitative estimate of drug-likeness (QED) is 0.715. The molecule has 0 aliphatic carbocycles. The number of ketones is 1. The zero-order valence-electron chi connectivity index (χ0n) is 16.1. The maximum absolute atomic E-state index is 13.0. The van der Waals surface area contributed by atoms with Gasteiger partial charge in [0, 0.05) is 31.5 Å². The van der Waals surface area contributed by atoms with Crippen LogP contribution in [0.25, 0.3) is 0 Å². The molecule has 2 saturated heterocycles. The number of piperidine rings is 2. The molecule has 4 nitrogen and oxygen atoms in total. The van der Waals surface area contributed by atoms with E-state index in [1.165, 1.54) is 6.42 Å². The second-order valence-corrected chi connectivity index (χ2v) is 7.85. The van der Waals surface area contributed by atoms with Crippen molar-refractivity contribution in [1.29, 1.82) is 0 Å². The van der Waals surface area contributed by atoms with Gasteiger partial charge in [-0.05, 0) is 24.0 Å². The van der Waals surface area contributed by atoms with E-state index >= 15 is 0 Å². The number of carbonyl (C=O) groups is 2. The molecule has 4 heteroatoms. The molecule has 2 aromatic rings. The second-order valence-electron chi connectivity index (χ2n) is 7.85. The Bertz CT molecular complexity index is 750. The van der Waals surface area contributed by atoms with Crippen molar-refractivity contribution in [3.05, 3.63) is 71.8 Å². The first-order valence-electron chi connectivity index (χ1n) is 10.3. The van der Waals surface area contributed by atoms with Crippen LogP contribution < -0.4 is 0 Å². The largest absolute Gasteiger partial charge is 0.464 e. The van der Waals surface area contributed by atoms with Crippen LogP contribution in [0.1, 0.15) is 49.1 Å². The normalized spacial score (nSPS) is 22.2. The molecule has 2 aromatic carbocycles. The minimum atomic E-state index is -0.412. The fourth-order valence-electron chi connectivity index (χ4n) is 4.72. The van der Waals surface area contributed by atoms with Crippen LogP contribution in [0.2, 0.25) is 0 Å². The molecule has 2 atom stereocenters. The van der Waals surface area contributed by atoms with Crippen molar-refractivity contribution in [2.45, 2.75) is 50.1 Å². The van der Waals surface area contributed by atoms with Gasteiger partial charge in [-0.2, -0.15) is 0 Å². The molecule has 0 saturated carbocycles. The Balaban J connectivity index is 1.42. The number of fused-ring (bicyclic) bond motifs is 2. The summed E-state index contributed by atoms with van der Waals surface area (Å²) in [6.45, 7) is 1.08. The molecular formula is C24H27NO3. The highest BCUT2D eigenvalue weighted by Gasteiger charge is 2.37. The number of ether oxygens (including phenoxy) is 1. The molecule has 0 spiro atoms. The Labute approximate surface area is 166 Å². The second kappa shape index (κ2) is 8.70. The first kappa shape index (κ1) is 18.9. The molecule has 2 aliphatic rings. The lowest BCUT2D eigenvalue weighted by molar-refractivity contribution is -0.146. The molecule has 2 heterocycles. The first-order valence-corrected chi connectivity index (χ1v) is 10.3. The molecule has 28 heavy (non-hydrogen) atoms. The van der Waals surface area contributed by atoms with Crippen LogP contribution in [0.15, 0.2) is 60.7 Å². The number of benzene rings is 2. The SMILES string of the molecule is O=C1C[C@@H]2CCC[C@@H](C1)N2CCOC(=O)C(c1ccccc1)c1ccccc1. The lowest BCUT2D eigenvalue weighted by Crippen LogP contribution is -2.53. The van der Waals surface area contributed by atoms with Gasteiger partial charge in [0.15, 0.2) is 0 Å². The van der Waals surface area contributed by atoms with Crippen LogP contribution in [0.3, 0.4) is 0 Å². The van der Waals surface area contributed by atoms with Gasteiger partial charge in [-0.25, -0.2) is 0 Å². The molecular weight excluding hydrogens is 350 g/mol. The summed E-state index contributed by atoms with van der Waals surface area (Å²) in [7, 11) is 0. The number of rotatable bonds is 6. The number of carbonyl (C=O) groups excluding carboxylic acids is 2. The van der Waals surface area contributed by atoms with Crippen molar-refractivity contribution in [2.75, 3.05) is 13.2 Å². The lowest BCUT2D eigenvalue weighted by Gasteiger charge is -2.45. The molecule has 0 aromatic heterocycles. The molecule has 0 amide bonds. The van der Waals surface area contributed by atoms with Gasteiger partial charge < -0.3 is 4.74 Å². The highest BCUT2D eigenvalue weighted by atomic mass is 16.5. The van der Waals surface area contributed by atoms with E-state index in [1.54, 1.807) is 0 Å². The summed E-state index contributed by atoms with van der Waals surface area (Å²) >= 11 is 0. The predicted molar refractivity (Wildman–Crippen MR) is 108 cm³/mol. The Morgan fingerprint density at radius 3 is 2.00 bits per heavy atom. The summed E-state index contributed by atoms with van der Waals surface area (Å²) in [6.07, 6.45) is 4.66. The smallest absolute Gasteiger partial charge is 0.317 e. The summed E-state index contributed by atoms with van der Waals surface area (Å²) < 4.78 is 5.74. The lowest BCUT2D eigenvalue weighted by atomic mass is 9.84. The number of hydrogen-bond acceptors (Lipinski definition) is 4. The van der Waals surface area contributed by atoms with E-state index in [2.05, 4.69) is 4.90 Å². The zero-order chi connectivity index (χ0) is 19.3. The monoisotopic (exact) mass is 377 g/mol. The van der Waals surface area contributed by atoms with Crippen LogP contribution in [0.4, 0.5) is 0 Å². The Hall–Kier alpha value is -2.46. The third-order valence-corrected chi connectivity index (χ3v) is 6.03. The van der Waals surface area contributed by atoms with E-state index in [0.717, 1.165) is 24.0 Å². The van der Waals surface area contributed by atoms with E-state index in [1.807, 2.05) is 60.7 Å². The molecule has 2 aliphatic heterocycles. The van der Waals surface area contributed by atoms with E-state index in [4.69, 9.17) is 4.74 Å². The maximum Gasteiger partial charge on any atom is 0.317 e. The maximum atomic E-state index is 13.0. The number of hydrogen-bond donors (Lipinski definition) is 0. The summed E-state index contributed by atoms with van der Waals surface area (Å²) in [5, 5.41) is 0. The minimum Gasteiger partial charge on any atom is -0.464 e. The number of esters is 1. The van der Waals surface area contributed by atoms with Crippen LogP contribution in [-0.4, -0.2) is 41.9 Å². The third-order valence-electron chi connectivity index (χ3n) is 6.03. The Morgan fingerprint density at radius 1 is 0.929 bits per heavy atom. The van der Waals surface area contributed by atoms with Crippen molar-refractivity contribution in [3.8, 4) is 0 Å². The molecule has 4 rings (SSSR count). The zero-order valence-corrected chi connectivity index (χ0v) is 16.1. The summed E-state index contributed by atoms with van der Waals surface area (Å²) in [4.78, 5) is 27.3. The van der Waals surface area contributed by atoms with Crippen molar-refractivity contribution in [2.24, 2.45) is 0 Å². The van der Waals surface area contributed by atoms with Gasteiger partial charge in [0.25, 0.3) is 0 Å². The van der Waals surface area contributed by atoms with E-state index < -0.39 is 5.92 Å².